The summed E-state index contributed by atoms with van der Waals surface area (Å²) < 4.78 is 18.8. The molecule has 0 aromatic heterocycles. The molecule has 2 rings (SSSR count). The van der Waals surface area contributed by atoms with Crippen LogP contribution in [-0.4, -0.2) is 44.7 Å². The average molecular weight is 252 g/mol. The van der Waals surface area contributed by atoms with Crippen LogP contribution in [0.3, 0.4) is 0 Å². The lowest BCUT2D eigenvalue weighted by Crippen LogP contribution is -2.44. The number of nitrogens with one attached hydrogen (secondary N) is 1. The van der Waals surface area contributed by atoms with E-state index < -0.39 is 0 Å². The van der Waals surface area contributed by atoms with Crippen molar-refractivity contribution < 1.29 is 9.13 Å². The molecule has 1 aromatic rings. The van der Waals surface area contributed by atoms with Gasteiger partial charge in [0.05, 0.1) is 7.11 Å². The van der Waals surface area contributed by atoms with Gasteiger partial charge in [0.25, 0.3) is 0 Å². The zero-order chi connectivity index (χ0) is 13.0. The predicted octanol–water partition coefficient (Wildman–Crippen LogP) is 1.59. The first-order valence-electron chi connectivity index (χ1n) is 6.47. The lowest BCUT2D eigenvalue weighted by atomic mass is 10.1. The zero-order valence-corrected chi connectivity index (χ0v) is 11.1. The highest BCUT2D eigenvalue weighted by molar-refractivity contribution is 5.41. The Morgan fingerprint density at radius 1 is 1.33 bits per heavy atom. The first-order valence-corrected chi connectivity index (χ1v) is 6.47. The Hall–Kier alpha value is -1.13. The molecule has 1 fully saturated rings. The van der Waals surface area contributed by atoms with Crippen molar-refractivity contribution in [1.82, 2.24) is 10.2 Å². The summed E-state index contributed by atoms with van der Waals surface area (Å²) >= 11 is 0. The summed E-state index contributed by atoms with van der Waals surface area (Å²) in [6, 6.07) is 3.11. The van der Waals surface area contributed by atoms with Gasteiger partial charge in [0.2, 0.25) is 0 Å². The van der Waals surface area contributed by atoms with E-state index in [2.05, 4.69) is 10.2 Å². The van der Waals surface area contributed by atoms with Crippen LogP contribution < -0.4 is 10.1 Å². The van der Waals surface area contributed by atoms with Crippen LogP contribution in [-0.2, 0) is 6.42 Å². The van der Waals surface area contributed by atoms with E-state index in [0.29, 0.717) is 0 Å². The van der Waals surface area contributed by atoms with Gasteiger partial charge in [-0.1, -0.05) is 0 Å². The predicted molar refractivity (Wildman–Crippen MR) is 70.7 cm³/mol. The maximum absolute atomic E-state index is 13.4. The first-order chi connectivity index (χ1) is 8.70. The van der Waals surface area contributed by atoms with Crippen LogP contribution in [0.4, 0.5) is 4.39 Å². The van der Waals surface area contributed by atoms with Gasteiger partial charge in [0.15, 0.2) is 0 Å². The smallest absolute Gasteiger partial charge is 0.125 e. The summed E-state index contributed by atoms with van der Waals surface area (Å²) in [7, 11) is 1.65. The number of methoxy groups -OCH3 is 1. The van der Waals surface area contributed by atoms with Crippen molar-refractivity contribution in [2.24, 2.45) is 0 Å². The van der Waals surface area contributed by atoms with E-state index >= 15 is 0 Å². The molecule has 0 amide bonds. The third kappa shape index (κ3) is 3.21. The second-order valence-corrected chi connectivity index (χ2v) is 4.76. The molecular formula is C14H21FN2O. The van der Waals surface area contributed by atoms with Crippen molar-refractivity contribution in [3.63, 3.8) is 0 Å². The van der Waals surface area contributed by atoms with Crippen molar-refractivity contribution in [3.8, 4) is 5.75 Å². The molecule has 3 nitrogen and oxygen atoms in total. The molecule has 0 radical (unpaired) electrons. The summed E-state index contributed by atoms with van der Waals surface area (Å²) in [5.74, 6) is 0.648. The Morgan fingerprint density at radius 2 is 2.06 bits per heavy atom. The number of halogens is 1. The van der Waals surface area contributed by atoms with Gasteiger partial charge in [0, 0.05) is 32.7 Å². The van der Waals surface area contributed by atoms with E-state index in [9.17, 15) is 4.39 Å². The molecule has 1 heterocycles. The Morgan fingerprint density at radius 3 is 2.72 bits per heavy atom. The molecular weight excluding hydrogens is 231 g/mol. The summed E-state index contributed by atoms with van der Waals surface area (Å²) in [5.41, 5.74) is 1.83. The van der Waals surface area contributed by atoms with Crippen molar-refractivity contribution in [2.75, 3.05) is 39.8 Å². The molecule has 1 aromatic carbocycles. The number of piperazine rings is 1. The highest BCUT2D eigenvalue weighted by Crippen LogP contribution is 2.25. The Labute approximate surface area is 108 Å². The Balaban J connectivity index is 2.03. The molecule has 0 bridgehead atoms. The van der Waals surface area contributed by atoms with Gasteiger partial charge in [-0.2, -0.15) is 0 Å². The van der Waals surface area contributed by atoms with Crippen molar-refractivity contribution >= 4 is 0 Å². The molecule has 0 saturated carbocycles. The Bertz CT molecular complexity index is 403. The Kier molecular flexibility index (Phi) is 4.55. The minimum atomic E-state index is -0.177. The first kappa shape index (κ1) is 13.3. The summed E-state index contributed by atoms with van der Waals surface area (Å²) in [6.45, 7) is 7.06. The van der Waals surface area contributed by atoms with Crippen molar-refractivity contribution in [3.05, 3.63) is 29.1 Å². The quantitative estimate of drug-likeness (QED) is 0.880. The molecule has 0 spiro atoms. The van der Waals surface area contributed by atoms with Gasteiger partial charge in [-0.25, -0.2) is 4.39 Å². The summed E-state index contributed by atoms with van der Waals surface area (Å²) in [6.07, 6.45) is 0.835. The number of hydrogen-bond donors (Lipinski definition) is 1. The lowest BCUT2D eigenvalue weighted by Gasteiger charge is -2.27. The second-order valence-electron chi connectivity index (χ2n) is 4.76. The van der Waals surface area contributed by atoms with Crippen LogP contribution in [0.15, 0.2) is 12.1 Å². The highest BCUT2D eigenvalue weighted by atomic mass is 19.1. The molecule has 0 atom stereocenters. The SMILES string of the molecule is COc1c(C)cc(F)cc1CCN1CCNCC1. The summed E-state index contributed by atoms with van der Waals surface area (Å²) in [5, 5.41) is 3.33. The maximum atomic E-state index is 13.4. The minimum Gasteiger partial charge on any atom is -0.496 e. The van der Waals surface area contributed by atoms with Gasteiger partial charge in [-0.3, -0.25) is 0 Å². The fourth-order valence-electron chi connectivity index (χ4n) is 2.49. The van der Waals surface area contributed by atoms with Crippen molar-refractivity contribution in [1.29, 1.82) is 0 Å². The number of rotatable bonds is 4. The van der Waals surface area contributed by atoms with Crippen LogP contribution in [0.2, 0.25) is 0 Å². The molecule has 4 heteroatoms. The van der Waals surface area contributed by atoms with E-state index in [0.717, 1.165) is 56.0 Å². The molecule has 1 saturated heterocycles. The highest BCUT2D eigenvalue weighted by Gasteiger charge is 2.13. The topological polar surface area (TPSA) is 24.5 Å². The third-order valence-electron chi connectivity index (χ3n) is 3.43. The number of hydrogen-bond acceptors (Lipinski definition) is 3. The maximum Gasteiger partial charge on any atom is 0.125 e. The van der Waals surface area contributed by atoms with Gasteiger partial charge in [0.1, 0.15) is 11.6 Å². The zero-order valence-electron chi connectivity index (χ0n) is 11.1. The van der Waals surface area contributed by atoms with E-state index in [4.69, 9.17) is 4.74 Å². The second kappa shape index (κ2) is 6.16. The molecule has 100 valence electrons. The largest absolute Gasteiger partial charge is 0.496 e. The molecule has 18 heavy (non-hydrogen) atoms. The third-order valence-corrected chi connectivity index (χ3v) is 3.43. The van der Waals surface area contributed by atoms with E-state index in [1.165, 1.54) is 6.07 Å². The van der Waals surface area contributed by atoms with E-state index in [1.807, 2.05) is 6.92 Å². The normalized spacial score (nSPS) is 16.8. The fourth-order valence-corrected chi connectivity index (χ4v) is 2.49. The molecule has 0 aliphatic carbocycles. The van der Waals surface area contributed by atoms with Crippen LogP contribution in [0, 0.1) is 12.7 Å². The van der Waals surface area contributed by atoms with Gasteiger partial charge >= 0.3 is 0 Å². The summed E-state index contributed by atoms with van der Waals surface area (Å²) in [4.78, 5) is 2.40. The number of ether oxygens (including phenoxy) is 1. The number of benzene rings is 1. The molecule has 0 unspecified atom stereocenters. The molecule has 1 N–H and O–H groups in total. The van der Waals surface area contributed by atoms with Crippen LogP contribution in [0.25, 0.3) is 0 Å². The minimum absolute atomic E-state index is 0.177. The van der Waals surface area contributed by atoms with Gasteiger partial charge in [-0.15, -0.1) is 0 Å². The van der Waals surface area contributed by atoms with Gasteiger partial charge < -0.3 is 15.0 Å². The molecule has 1 aliphatic rings. The fraction of sp³-hybridized carbons (Fsp3) is 0.571. The number of aryl methyl sites for hydroxylation is 1. The monoisotopic (exact) mass is 252 g/mol. The van der Waals surface area contributed by atoms with Crippen LogP contribution in [0.1, 0.15) is 11.1 Å². The van der Waals surface area contributed by atoms with Gasteiger partial charge in [-0.05, 0) is 36.6 Å². The number of nitrogens with zero attached hydrogens (tertiary/aromatic N) is 1. The molecule has 1 aliphatic heterocycles. The standard InChI is InChI=1S/C14H21FN2O/c1-11-9-13(15)10-12(14(11)18-2)3-6-17-7-4-16-5-8-17/h9-10,16H,3-8H2,1-2H3. The average Bonchev–Trinajstić information content (AvgIpc) is 2.37. The van der Waals surface area contributed by atoms with Crippen molar-refractivity contribution in [2.45, 2.75) is 13.3 Å². The van der Waals surface area contributed by atoms with E-state index in [-0.39, 0.29) is 5.82 Å². The lowest BCUT2D eigenvalue weighted by molar-refractivity contribution is 0.243. The van der Waals surface area contributed by atoms with Crippen LogP contribution >= 0.6 is 0 Å². The van der Waals surface area contributed by atoms with Crippen LogP contribution in [0.5, 0.6) is 5.75 Å². The van der Waals surface area contributed by atoms with E-state index in [1.54, 1.807) is 13.2 Å².